The predicted octanol–water partition coefficient (Wildman–Crippen LogP) is 1.61. The summed E-state index contributed by atoms with van der Waals surface area (Å²) in [5.74, 6) is 0.971. The topological polar surface area (TPSA) is 77.0 Å². The Morgan fingerprint density at radius 3 is 2.42 bits per heavy atom. The van der Waals surface area contributed by atoms with Crippen molar-refractivity contribution in [3.8, 4) is 0 Å². The van der Waals surface area contributed by atoms with Crippen LogP contribution in [-0.2, 0) is 22.7 Å². The second-order valence-corrected chi connectivity index (χ2v) is 9.01. The fourth-order valence-corrected chi connectivity index (χ4v) is 5.17. The van der Waals surface area contributed by atoms with E-state index in [4.69, 9.17) is 0 Å². The number of likely N-dealkylation sites (tertiary alicyclic amines) is 1. The molecule has 4 atom stereocenters. The molecule has 1 aromatic rings. The van der Waals surface area contributed by atoms with Crippen LogP contribution in [-0.4, -0.2) is 61.3 Å². The summed E-state index contributed by atoms with van der Waals surface area (Å²) in [6.45, 7) is 5.10. The monoisotopic (exact) mass is 423 g/mol. The van der Waals surface area contributed by atoms with Crippen molar-refractivity contribution in [2.24, 2.45) is 28.7 Å². The Hall–Kier alpha value is -2.67. The molecule has 7 nitrogen and oxygen atoms in total. The van der Waals surface area contributed by atoms with Crippen LogP contribution in [0.4, 0.5) is 0 Å². The highest BCUT2D eigenvalue weighted by atomic mass is 16.2. The van der Waals surface area contributed by atoms with Crippen LogP contribution in [0.3, 0.4) is 0 Å². The Morgan fingerprint density at radius 1 is 1.10 bits per heavy atom. The average Bonchev–Trinajstić information content (AvgIpc) is 3.41. The summed E-state index contributed by atoms with van der Waals surface area (Å²) in [5.41, 5.74) is 2.41. The molecule has 2 N–H and O–H groups in total. The van der Waals surface area contributed by atoms with Crippen molar-refractivity contribution in [1.82, 2.24) is 20.4 Å². The number of fused-ring (bicyclic) bond motifs is 5. The summed E-state index contributed by atoms with van der Waals surface area (Å²) in [6.07, 6.45) is 5.22. The van der Waals surface area contributed by atoms with Gasteiger partial charge in [0.1, 0.15) is 0 Å². The molecule has 2 amide bonds. The normalized spacial score (nSPS) is 26.8. The molecule has 7 heteroatoms. The molecule has 1 heterocycles. The molecule has 2 aliphatic carbocycles. The van der Waals surface area contributed by atoms with Crippen molar-refractivity contribution in [3.63, 3.8) is 0 Å². The Kier molecular flexibility index (Phi) is 6.41. The van der Waals surface area contributed by atoms with Gasteiger partial charge in [0.2, 0.25) is 11.8 Å². The smallest absolute Gasteiger partial charge is 0.233 e. The molecule has 3 aliphatic rings. The largest absolute Gasteiger partial charge is 0.357 e. The number of allylic oxidation sites excluding steroid dienone is 2. The molecule has 1 aliphatic heterocycles. The van der Waals surface area contributed by atoms with E-state index < -0.39 is 0 Å². The minimum absolute atomic E-state index is 0.00768. The van der Waals surface area contributed by atoms with Crippen LogP contribution in [0.5, 0.6) is 0 Å². The molecule has 1 saturated heterocycles. The van der Waals surface area contributed by atoms with Gasteiger partial charge in [-0.15, -0.1) is 0 Å². The van der Waals surface area contributed by atoms with Crippen molar-refractivity contribution < 1.29 is 9.59 Å². The van der Waals surface area contributed by atoms with Crippen molar-refractivity contribution in [2.75, 3.05) is 33.7 Å². The number of amides is 2. The number of carbonyl (C=O) groups excluding carboxylic acids is 2. The van der Waals surface area contributed by atoms with E-state index in [1.54, 1.807) is 0 Å². The number of hydrogen-bond acceptors (Lipinski definition) is 4. The molecule has 4 rings (SSSR count). The Bertz CT molecular complexity index is 864. The number of rotatable bonds is 8. The molecule has 4 unspecified atom stereocenters. The van der Waals surface area contributed by atoms with Gasteiger partial charge >= 0.3 is 0 Å². The lowest BCUT2D eigenvalue weighted by Crippen LogP contribution is -2.43. The number of carbonyl (C=O) groups is 2. The van der Waals surface area contributed by atoms with Crippen molar-refractivity contribution in [1.29, 1.82) is 0 Å². The first-order valence-electron chi connectivity index (χ1n) is 11.3. The SMILES string of the molecule is CCNC(=NCc1cccc(CN(C)C)c1)NCCN1C(=O)C2C3C=CC(C3)C2C1=O. The lowest BCUT2D eigenvalue weighted by molar-refractivity contribution is -0.140. The van der Waals surface area contributed by atoms with Gasteiger partial charge in [-0.25, -0.2) is 4.99 Å². The number of nitrogens with one attached hydrogen (secondary N) is 2. The minimum atomic E-state index is -0.126. The van der Waals surface area contributed by atoms with E-state index in [1.807, 2.05) is 6.92 Å². The Morgan fingerprint density at radius 2 is 1.77 bits per heavy atom. The minimum Gasteiger partial charge on any atom is -0.357 e. The van der Waals surface area contributed by atoms with E-state index in [0.717, 1.165) is 25.1 Å². The number of aliphatic imine (C=N–C) groups is 1. The highest BCUT2D eigenvalue weighted by molar-refractivity contribution is 6.06. The lowest BCUT2D eigenvalue weighted by atomic mass is 9.85. The van der Waals surface area contributed by atoms with E-state index in [9.17, 15) is 9.59 Å². The molecule has 31 heavy (non-hydrogen) atoms. The predicted molar refractivity (Wildman–Crippen MR) is 121 cm³/mol. The molecule has 0 aromatic heterocycles. The van der Waals surface area contributed by atoms with Crippen LogP contribution in [0.1, 0.15) is 24.5 Å². The summed E-state index contributed by atoms with van der Waals surface area (Å²) in [6, 6.07) is 8.44. The average molecular weight is 424 g/mol. The summed E-state index contributed by atoms with van der Waals surface area (Å²) in [5, 5.41) is 6.52. The van der Waals surface area contributed by atoms with Crippen molar-refractivity contribution in [3.05, 3.63) is 47.5 Å². The standard InChI is InChI=1S/C24H33N5O2/c1-4-25-24(27-14-16-6-5-7-17(12-16)15-28(2)3)26-10-11-29-22(30)20-18-8-9-19(13-18)21(20)23(29)31/h5-9,12,18-21H,4,10-11,13-15H2,1-3H3,(H2,25,26,27). The number of nitrogens with zero attached hydrogens (tertiary/aromatic N) is 3. The second kappa shape index (κ2) is 9.22. The van der Waals surface area contributed by atoms with Gasteiger partial charge in [-0.2, -0.15) is 0 Å². The van der Waals surface area contributed by atoms with E-state index in [2.05, 4.69) is 71.0 Å². The Labute approximate surface area is 184 Å². The van der Waals surface area contributed by atoms with Gasteiger partial charge in [0, 0.05) is 26.2 Å². The van der Waals surface area contributed by atoms with Crippen LogP contribution in [0, 0.1) is 23.7 Å². The highest BCUT2D eigenvalue weighted by Crippen LogP contribution is 2.52. The summed E-state index contributed by atoms with van der Waals surface area (Å²) < 4.78 is 0. The molecule has 0 radical (unpaired) electrons. The maximum atomic E-state index is 12.8. The van der Waals surface area contributed by atoms with E-state index in [0.29, 0.717) is 25.6 Å². The molecule has 2 bridgehead atoms. The zero-order valence-corrected chi connectivity index (χ0v) is 18.7. The molecule has 0 spiro atoms. The molecule has 1 saturated carbocycles. The molecule has 2 fully saturated rings. The van der Waals surface area contributed by atoms with Crippen LogP contribution >= 0.6 is 0 Å². The summed E-state index contributed by atoms with van der Waals surface area (Å²) in [4.78, 5) is 33.9. The summed E-state index contributed by atoms with van der Waals surface area (Å²) in [7, 11) is 4.12. The third-order valence-electron chi connectivity index (χ3n) is 6.44. The Balaban J connectivity index is 1.32. The number of imide groups is 1. The van der Waals surface area contributed by atoms with Crippen LogP contribution in [0.15, 0.2) is 41.4 Å². The van der Waals surface area contributed by atoms with Crippen molar-refractivity contribution >= 4 is 17.8 Å². The van der Waals surface area contributed by atoms with Gasteiger partial charge < -0.3 is 15.5 Å². The fraction of sp³-hybridized carbons (Fsp3) is 0.542. The zero-order chi connectivity index (χ0) is 22.0. The third-order valence-corrected chi connectivity index (χ3v) is 6.44. The van der Waals surface area contributed by atoms with Crippen LogP contribution in [0.2, 0.25) is 0 Å². The van der Waals surface area contributed by atoms with Gasteiger partial charge in [-0.1, -0.05) is 36.4 Å². The molecule has 1 aromatic carbocycles. The fourth-order valence-electron chi connectivity index (χ4n) is 5.17. The quantitative estimate of drug-likeness (QED) is 0.288. The van der Waals surface area contributed by atoms with E-state index in [-0.39, 0.29) is 35.5 Å². The summed E-state index contributed by atoms with van der Waals surface area (Å²) >= 11 is 0. The maximum absolute atomic E-state index is 12.8. The first kappa shape index (κ1) is 21.6. The van der Waals surface area contributed by atoms with Gasteiger partial charge in [-0.05, 0) is 50.4 Å². The van der Waals surface area contributed by atoms with Gasteiger partial charge in [-0.3, -0.25) is 14.5 Å². The number of hydrogen-bond donors (Lipinski definition) is 2. The van der Waals surface area contributed by atoms with Gasteiger partial charge in [0.25, 0.3) is 0 Å². The van der Waals surface area contributed by atoms with E-state index in [1.165, 1.54) is 10.5 Å². The van der Waals surface area contributed by atoms with Crippen molar-refractivity contribution in [2.45, 2.75) is 26.4 Å². The lowest BCUT2D eigenvalue weighted by Gasteiger charge is -2.18. The van der Waals surface area contributed by atoms with Crippen LogP contribution in [0.25, 0.3) is 0 Å². The molecular formula is C24H33N5O2. The third kappa shape index (κ3) is 4.51. The molecular weight excluding hydrogens is 390 g/mol. The number of benzene rings is 1. The second-order valence-electron chi connectivity index (χ2n) is 9.01. The van der Waals surface area contributed by atoms with Crippen LogP contribution < -0.4 is 10.6 Å². The van der Waals surface area contributed by atoms with E-state index >= 15 is 0 Å². The molecule has 166 valence electrons. The van der Waals surface area contributed by atoms with Gasteiger partial charge in [0.05, 0.1) is 18.4 Å². The maximum Gasteiger partial charge on any atom is 0.233 e. The first-order chi connectivity index (χ1) is 15.0. The van der Waals surface area contributed by atoms with Gasteiger partial charge in [0.15, 0.2) is 5.96 Å². The number of guanidine groups is 1. The first-order valence-corrected chi connectivity index (χ1v) is 11.3. The zero-order valence-electron chi connectivity index (χ0n) is 18.7. The highest BCUT2D eigenvalue weighted by Gasteiger charge is 2.58.